The number of rotatable bonds is 3. The molecule has 0 radical (unpaired) electrons. The lowest BCUT2D eigenvalue weighted by Gasteiger charge is -2.22. The predicted molar refractivity (Wildman–Crippen MR) is 190 cm³/mol. The van der Waals surface area contributed by atoms with Gasteiger partial charge in [-0.15, -0.1) is 0 Å². The highest BCUT2D eigenvalue weighted by molar-refractivity contribution is 6.28. The lowest BCUT2D eigenvalue weighted by molar-refractivity contribution is 1.63. The van der Waals surface area contributed by atoms with Crippen LogP contribution in [0.5, 0.6) is 0 Å². The summed E-state index contributed by atoms with van der Waals surface area (Å²) in [5.74, 6) is 0. The molecule has 204 valence electrons. The van der Waals surface area contributed by atoms with E-state index in [2.05, 4.69) is 170 Å². The van der Waals surface area contributed by atoms with Crippen LogP contribution < -0.4 is 0 Å². The molecular weight excluding hydrogens is 528 g/mol. The third-order valence-electron chi connectivity index (χ3n) is 9.23. The highest BCUT2D eigenvalue weighted by Crippen LogP contribution is 2.49. The van der Waals surface area contributed by atoms with Crippen molar-refractivity contribution in [3.8, 4) is 33.4 Å². The first-order chi connectivity index (χ1) is 21.9. The first kappa shape index (κ1) is 24.8. The molecular formula is C44H28. The molecule has 0 amide bonds. The molecule has 0 bridgehead atoms. The van der Waals surface area contributed by atoms with Crippen molar-refractivity contribution in [3.63, 3.8) is 0 Å². The van der Waals surface area contributed by atoms with Crippen molar-refractivity contribution in [2.45, 2.75) is 0 Å². The minimum absolute atomic E-state index is 1.23. The van der Waals surface area contributed by atoms with E-state index in [4.69, 9.17) is 0 Å². The minimum atomic E-state index is 1.23. The average molecular weight is 557 g/mol. The fraction of sp³-hybridized carbons (Fsp3) is 0. The van der Waals surface area contributed by atoms with E-state index in [9.17, 15) is 0 Å². The van der Waals surface area contributed by atoms with Crippen LogP contribution in [0.1, 0.15) is 0 Å². The molecule has 9 aromatic rings. The molecule has 0 nitrogen and oxygen atoms in total. The van der Waals surface area contributed by atoms with E-state index in [-0.39, 0.29) is 0 Å². The third kappa shape index (κ3) is 3.71. The van der Waals surface area contributed by atoms with Crippen LogP contribution in [-0.2, 0) is 0 Å². The van der Waals surface area contributed by atoms with Gasteiger partial charge in [-0.05, 0) is 93.3 Å². The monoisotopic (exact) mass is 556 g/mol. The quantitative estimate of drug-likeness (QED) is 0.150. The van der Waals surface area contributed by atoms with Gasteiger partial charge in [0.05, 0.1) is 0 Å². The highest BCUT2D eigenvalue weighted by atomic mass is 14.2. The normalized spacial score (nSPS) is 11.6. The van der Waals surface area contributed by atoms with Crippen LogP contribution in [0.4, 0.5) is 0 Å². The Morgan fingerprint density at radius 3 is 1.36 bits per heavy atom. The minimum Gasteiger partial charge on any atom is -0.0622 e. The van der Waals surface area contributed by atoms with Gasteiger partial charge in [0.25, 0.3) is 0 Å². The fourth-order valence-corrected chi connectivity index (χ4v) is 7.35. The van der Waals surface area contributed by atoms with E-state index in [1.807, 2.05) is 0 Å². The second-order valence-corrected chi connectivity index (χ2v) is 11.6. The summed E-state index contributed by atoms with van der Waals surface area (Å²) in [6.45, 7) is 0. The van der Waals surface area contributed by atoms with Crippen molar-refractivity contribution < 1.29 is 0 Å². The molecule has 0 spiro atoms. The molecule has 0 saturated heterocycles. The summed E-state index contributed by atoms with van der Waals surface area (Å²) in [5, 5.41) is 12.7. The Morgan fingerprint density at radius 1 is 0.227 bits per heavy atom. The lowest BCUT2D eigenvalue weighted by Crippen LogP contribution is -1.94. The standard InChI is InChI=1S/C44H28/c1-2-14-29(15-3-1)34-27-26-30-16-4-7-19-33(30)43(34)44-39-24-12-10-22-37(39)42(38-23-11-13-25-40(38)44)41-28-31-17-5-6-18-32(31)35-20-8-9-21-36(35)41/h1-28H. The van der Waals surface area contributed by atoms with Crippen LogP contribution in [0.25, 0.3) is 87.2 Å². The Kier molecular flexibility index (Phi) is 5.61. The molecule has 0 aliphatic carbocycles. The molecule has 0 unspecified atom stereocenters. The third-order valence-corrected chi connectivity index (χ3v) is 9.23. The Hall–Kier alpha value is -5.72. The molecule has 0 heterocycles. The molecule has 9 rings (SSSR count). The average Bonchev–Trinajstić information content (AvgIpc) is 3.10. The second-order valence-electron chi connectivity index (χ2n) is 11.6. The molecule has 0 heteroatoms. The van der Waals surface area contributed by atoms with Crippen LogP contribution in [0, 0.1) is 0 Å². The Labute approximate surface area is 256 Å². The number of hydrogen-bond donors (Lipinski definition) is 0. The summed E-state index contributed by atoms with van der Waals surface area (Å²) in [5.41, 5.74) is 7.63. The van der Waals surface area contributed by atoms with E-state index < -0.39 is 0 Å². The van der Waals surface area contributed by atoms with Gasteiger partial charge in [0, 0.05) is 0 Å². The summed E-state index contributed by atoms with van der Waals surface area (Å²) < 4.78 is 0. The summed E-state index contributed by atoms with van der Waals surface area (Å²) >= 11 is 0. The predicted octanol–water partition coefficient (Wildman–Crippen LogP) is 12.5. The molecule has 9 aromatic carbocycles. The molecule has 0 aliphatic heterocycles. The zero-order chi connectivity index (χ0) is 29.0. The smallest absolute Gasteiger partial charge is 0.00139 e. The second kappa shape index (κ2) is 9.93. The first-order valence-corrected chi connectivity index (χ1v) is 15.3. The first-order valence-electron chi connectivity index (χ1n) is 15.3. The summed E-state index contributed by atoms with van der Waals surface area (Å²) in [6, 6.07) is 62.3. The van der Waals surface area contributed by atoms with E-state index in [0.29, 0.717) is 0 Å². The zero-order valence-corrected chi connectivity index (χ0v) is 24.2. The topological polar surface area (TPSA) is 0 Å². The number of hydrogen-bond acceptors (Lipinski definition) is 0. The van der Waals surface area contributed by atoms with Gasteiger partial charge in [0.2, 0.25) is 0 Å². The van der Waals surface area contributed by atoms with Crippen molar-refractivity contribution in [2.24, 2.45) is 0 Å². The van der Waals surface area contributed by atoms with Gasteiger partial charge in [-0.25, -0.2) is 0 Å². The van der Waals surface area contributed by atoms with Gasteiger partial charge in [0.15, 0.2) is 0 Å². The van der Waals surface area contributed by atoms with Crippen LogP contribution in [0.15, 0.2) is 170 Å². The van der Waals surface area contributed by atoms with Gasteiger partial charge in [-0.2, -0.15) is 0 Å². The van der Waals surface area contributed by atoms with Crippen molar-refractivity contribution in [1.82, 2.24) is 0 Å². The summed E-state index contributed by atoms with van der Waals surface area (Å²) in [4.78, 5) is 0. The molecule has 0 atom stereocenters. The largest absolute Gasteiger partial charge is 0.0622 e. The van der Waals surface area contributed by atoms with Gasteiger partial charge in [0.1, 0.15) is 0 Å². The van der Waals surface area contributed by atoms with Crippen molar-refractivity contribution in [3.05, 3.63) is 170 Å². The molecule has 44 heavy (non-hydrogen) atoms. The van der Waals surface area contributed by atoms with E-state index in [1.165, 1.54) is 87.2 Å². The molecule has 0 aromatic heterocycles. The van der Waals surface area contributed by atoms with Gasteiger partial charge in [-0.1, -0.05) is 164 Å². The lowest BCUT2D eigenvalue weighted by atomic mass is 9.81. The van der Waals surface area contributed by atoms with Gasteiger partial charge >= 0.3 is 0 Å². The molecule has 0 N–H and O–H groups in total. The maximum atomic E-state index is 2.40. The maximum Gasteiger partial charge on any atom is -0.00139 e. The summed E-state index contributed by atoms with van der Waals surface area (Å²) in [7, 11) is 0. The Balaban J connectivity index is 1.49. The number of fused-ring (bicyclic) bond motifs is 6. The number of benzene rings is 9. The van der Waals surface area contributed by atoms with Crippen LogP contribution in [-0.4, -0.2) is 0 Å². The SMILES string of the molecule is c1ccc(-c2ccc3ccccc3c2-c2c3ccccc3c(-c3cc4ccccc4c4ccccc34)c3ccccc23)cc1. The molecule has 0 aliphatic rings. The van der Waals surface area contributed by atoms with Crippen LogP contribution >= 0.6 is 0 Å². The fourth-order valence-electron chi connectivity index (χ4n) is 7.35. The van der Waals surface area contributed by atoms with Crippen molar-refractivity contribution >= 4 is 53.9 Å². The Morgan fingerprint density at radius 2 is 0.705 bits per heavy atom. The maximum absolute atomic E-state index is 2.40. The molecule has 0 saturated carbocycles. The van der Waals surface area contributed by atoms with Crippen LogP contribution in [0.2, 0.25) is 0 Å². The molecule has 0 fully saturated rings. The van der Waals surface area contributed by atoms with Crippen molar-refractivity contribution in [1.29, 1.82) is 0 Å². The van der Waals surface area contributed by atoms with E-state index in [1.54, 1.807) is 0 Å². The Bertz CT molecular complexity index is 2480. The van der Waals surface area contributed by atoms with Crippen LogP contribution in [0.3, 0.4) is 0 Å². The summed E-state index contributed by atoms with van der Waals surface area (Å²) in [6.07, 6.45) is 0. The van der Waals surface area contributed by atoms with Gasteiger partial charge < -0.3 is 0 Å². The highest BCUT2D eigenvalue weighted by Gasteiger charge is 2.22. The van der Waals surface area contributed by atoms with E-state index in [0.717, 1.165) is 0 Å². The zero-order valence-electron chi connectivity index (χ0n) is 24.2. The van der Waals surface area contributed by atoms with E-state index >= 15 is 0 Å². The van der Waals surface area contributed by atoms with Crippen molar-refractivity contribution in [2.75, 3.05) is 0 Å². The van der Waals surface area contributed by atoms with Gasteiger partial charge in [-0.3, -0.25) is 0 Å².